The molecule has 1 saturated carbocycles. The lowest BCUT2D eigenvalue weighted by Gasteiger charge is -2.36. The monoisotopic (exact) mass is 284 g/mol. The van der Waals surface area contributed by atoms with E-state index in [2.05, 4.69) is 10.2 Å². The molecule has 0 radical (unpaired) electrons. The predicted octanol–water partition coefficient (Wildman–Crippen LogP) is 3.34. The summed E-state index contributed by atoms with van der Waals surface area (Å²) < 4.78 is 38.8. The summed E-state index contributed by atoms with van der Waals surface area (Å²) in [6, 6.07) is 10.0. The van der Waals surface area contributed by atoms with Gasteiger partial charge in [0.2, 0.25) is 0 Å². The highest BCUT2D eigenvalue weighted by Crippen LogP contribution is 2.49. The van der Waals surface area contributed by atoms with E-state index in [0.29, 0.717) is 0 Å². The molecule has 3 rings (SSSR count). The molecule has 110 valence electrons. The highest BCUT2D eigenvalue weighted by Gasteiger charge is 2.63. The van der Waals surface area contributed by atoms with Crippen LogP contribution >= 0.6 is 0 Å². The van der Waals surface area contributed by atoms with Gasteiger partial charge in [-0.25, -0.2) is 0 Å². The highest BCUT2D eigenvalue weighted by molar-refractivity contribution is 5.46. The summed E-state index contributed by atoms with van der Waals surface area (Å²) in [7, 11) is 0. The maximum Gasteiger partial charge on any atom is 0.406 e. The Morgan fingerprint density at radius 1 is 1.05 bits per heavy atom. The van der Waals surface area contributed by atoms with Gasteiger partial charge in [0, 0.05) is 24.8 Å². The van der Waals surface area contributed by atoms with Crippen molar-refractivity contribution in [1.29, 1.82) is 0 Å². The lowest BCUT2D eigenvalue weighted by atomic mass is 10.0. The van der Waals surface area contributed by atoms with E-state index in [1.54, 1.807) is 0 Å². The van der Waals surface area contributed by atoms with E-state index >= 15 is 0 Å². The lowest BCUT2D eigenvalue weighted by Crippen LogP contribution is -2.53. The largest absolute Gasteiger partial charge is 0.406 e. The van der Waals surface area contributed by atoms with Crippen LogP contribution in [0, 0.1) is 0 Å². The molecule has 2 fully saturated rings. The zero-order valence-corrected chi connectivity index (χ0v) is 11.3. The number of piperidine rings is 1. The molecule has 0 spiro atoms. The molecule has 2 aliphatic rings. The average Bonchev–Trinajstić information content (AvgIpc) is 3.21. The Labute approximate surface area is 117 Å². The second kappa shape index (κ2) is 4.95. The molecule has 1 aliphatic heterocycles. The van der Waals surface area contributed by atoms with Crippen LogP contribution in [0.4, 0.5) is 18.9 Å². The molecule has 0 bridgehead atoms. The van der Waals surface area contributed by atoms with Gasteiger partial charge >= 0.3 is 6.18 Å². The molecule has 1 N–H and O–H groups in total. The van der Waals surface area contributed by atoms with Gasteiger partial charge in [-0.05, 0) is 37.8 Å². The molecule has 0 unspecified atom stereocenters. The predicted molar refractivity (Wildman–Crippen MR) is 72.8 cm³/mol. The number of alkyl halides is 3. The van der Waals surface area contributed by atoms with Gasteiger partial charge in [-0.2, -0.15) is 13.2 Å². The number of anilines is 1. The van der Waals surface area contributed by atoms with Crippen LogP contribution in [0.2, 0.25) is 0 Å². The summed E-state index contributed by atoms with van der Waals surface area (Å²) in [5.74, 6) is 0. The van der Waals surface area contributed by atoms with Crippen LogP contribution in [0.5, 0.6) is 0 Å². The second-order valence-corrected chi connectivity index (χ2v) is 5.82. The van der Waals surface area contributed by atoms with E-state index in [0.717, 1.165) is 31.6 Å². The molecule has 1 aromatic rings. The number of halogens is 3. The summed E-state index contributed by atoms with van der Waals surface area (Å²) in [5, 5.41) is 2.87. The van der Waals surface area contributed by atoms with Crippen molar-refractivity contribution in [3.8, 4) is 0 Å². The van der Waals surface area contributed by atoms with E-state index in [9.17, 15) is 13.2 Å². The summed E-state index contributed by atoms with van der Waals surface area (Å²) in [6.07, 6.45) is -2.10. The van der Waals surface area contributed by atoms with Crippen LogP contribution in [0.15, 0.2) is 30.3 Å². The van der Waals surface area contributed by atoms with Crippen molar-refractivity contribution in [1.82, 2.24) is 5.32 Å². The van der Waals surface area contributed by atoms with Crippen molar-refractivity contribution in [2.45, 2.75) is 43.4 Å². The van der Waals surface area contributed by atoms with Crippen LogP contribution in [0.3, 0.4) is 0 Å². The standard InChI is InChI=1S/C15H19F3N2/c16-15(17,18)14(8-9-14)19-12-6-10-20(11-7-12)13-4-2-1-3-5-13/h1-5,12,19H,6-11H2. The molecule has 0 amide bonds. The number of hydrogen-bond acceptors (Lipinski definition) is 2. The normalized spacial score (nSPS) is 22.9. The van der Waals surface area contributed by atoms with Gasteiger partial charge in [0.05, 0.1) is 0 Å². The van der Waals surface area contributed by atoms with Gasteiger partial charge in [-0.15, -0.1) is 0 Å². The minimum atomic E-state index is -4.11. The Balaban J connectivity index is 1.55. The van der Waals surface area contributed by atoms with Crippen LogP contribution in [0.25, 0.3) is 0 Å². The van der Waals surface area contributed by atoms with Crippen molar-refractivity contribution in [3.05, 3.63) is 30.3 Å². The molecule has 1 aliphatic carbocycles. The van der Waals surface area contributed by atoms with Crippen molar-refractivity contribution >= 4 is 5.69 Å². The summed E-state index contributed by atoms with van der Waals surface area (Å²) in [6.45, 7) is 1.63. The Morgan fingerprint density at radius 3 is 2.15 bits per heavy atom. The first-order valence-electron chi connectivity index (χ1n) is 7.15. The highest BCUT2D eigenvalue weighted by atomic mass is 19.4. The third kappa shape index (κ3) is 2.64. The molecule has 1 heterocycles. The Morgan fingerprint density at radius 2 is 1.65 bits per heavy atom. The fourth-order valence-electron chi connectivity index (χ4n) is 2.95. The van der Waals surface area contributed by atoms with E-state index in [4.69, 9.17) is 0 Å². The number of nitrogens with one attached hydrogen (secondary N) is 1. The lowest BCUT2D eigenvalue weighted by molar-refractivity contribution is -0.168. The van der Waals surface area contributed by atoms with Crippen molar-refractivity contribution in [2.75, 3.05) is 18.0 Å². The number of rotatable bonds is 3. The van der Waals surface area contributed by atoms with Crippen LogP contribution in [-0.4, -0.2) is 30.8 Å². The molecule has 2 nitrogen and oxygen atoms in total. The van der Waals surface area contributed by atoms with Crippen LogP contribution in [0.1, 0.15) is 25.7 Å². The molecule has 1 aromatic carbocycles. The average molecular weight is 284 g/mol. The van der Waals surface area contributed by atoms with Gasteiger partial charge in [-0.1, -0.05) is 18.2 Å². The molecular weight excluding hydrogens is 265 g/mol. The topological polar surface area (TPSA) is 15.3 Å². The van der Waals surface area contributed by atoms with Crippen molar-refractivity contribution < 1.29 is 13.2 Å². The van der Waals surface area contributed by atoms with Crippen LogP contribution < -0.4 is 10.2 Å². The van der Waals surface area contributed by atoms with E-state index in [1.165, 1.54) is 0 Å². The van der Waals surface area contributed by atoms with Gasteiger partial charge in [0.25, 0.3) is 0 Å². The fraction of sp³-hybridized carbons (Fsp3) is 0.600. The van der Waals surface area contributed by atoms with Crippen LogP contribution in [-0.2, 0) is 0 Å². The first-order valence-corrected chi connectivity index (χ1v) is 7.15. The van der Waals surface area contributed by atoms with Gasteiger partial charge in [0.1, 0.15) is 5.54 Å². The zero-order chi connectivity index (χ0) is 14.2. The van der Waals surface area contributed by atoms with E-state index < -0.39 is 11.7 Å². The Bertz CT molecular complexity index is 446. The summed E-state index contributed by atoms with van der Waals surface area (Å²) in [5.41, 5.74) is -0.421. The third-order valence-corrected chi connectivity index (χ3v) is 4.39. The molecule has 0 atom stereocenters. The first-order chi connectivity index (χ1) is 9.50. The molecule has 0 aromatic heterocycles. The fourth-order valence-corrected chi connectivity index (χ4v) is 2.95. The van der Waals surface area contributed by atoms with E-state index in [1.807, 2.05) is 30.3 Å². The smallest absolute Gasteiger partial charge is 0.371 e. The SMILES string of the molecule is FC(F)(F)C1(NC2CCN(c3ccccc3)CC2)CC1. The minimum Gasteiger partial charge on any atom is -0.371 e. The first kappa shape index (κ1) is 13.7. The molecule has 1 saturated heterocycles. The van der Waals surface area contributed by atoms with Crippen molar-refractivity contribution in [3.63, 3.8) is 0 Å². The Kier molecular flexibility index (Phi) is 3.40. The molecule has 5 heteroatoms. The maximum atomic E-state index is 12.9. The van der Waals surface area contributed by atoms with Crippen molar-refractivity contribution in [2.24, 2.45) is 0 Å². The number of nitrogens with zero attached hydrogens (tertiary/aromatic N) is 1. The third-order valence-electron chi connectivity index (χ3n) is 4.39. The quantitative estimate of drug-likeness (QED) is 0.916. The molecular formula is C15H19F3N2. The number of benzene rings is 1. The second-order valence-electron chi connectivity index (χ2n) is 5.82. The van der Waals surface area contributed by atoms with Gasteiger partial charge < -0.3 is 10.2 Å². The molecule has 20 heavy (non-hydrogen) atoms. The summed E-state index contributed by atoms with van der Waals surface area (Å²) in [4.78, 5) is 2.24. The summed E-state index contributed by atoms with van der Waals surface area (Å²) >= 11 is 0. The zero-order valence-electron chi connectivity index (χ0n) is 11.3. The number of hydrogen-bond donors (Lipinski definition) is 1. The van der Waals surface area contributed by atoms with E-state index in [-0.39, 0.29) is 18.9 Å². The van der Waals surface area contributed by atoms with Gasteiger partial charge in [0.15, 0.2) is 0 Å². The Hall–Kier alpha value is -1.23. The minimum absolute atomic E-state index is 0.0147. The maximum absolute atomic E-state index is 12.9. The van der Waals surface area contributed by atoms with Gasteiger partial charge in [-0.3, -0.25) is 0 Å². The number of para-hydroxylation sites is 1.